The number of fused-ring (bicyclic) bond motifs is 1. The summed E-state index contributed by atoms with van der Waals surface area (Å²) >= 11 is 13.5. The van der Waals surface area contributed by atoms with Crippen LogP contribution in [0.15, 0.2) is 54.6 Å². The highest BCUT2D eigenvalue weighted by Crippen LogP contribution is 2.30. The van der Waals surface area contributed by atoms with E-state index in [0.717, 1.165) is 74.6 Å². The van der Waals surface area contributed by atoms with Crippen LogP contribution in [-0.4, -0.2) is 35.7 Å². The molecule has 2 amide bonds. The Kier molecular flexibility index (Phi) is 10.3. The van der Waals surface area contributed by atoms with Crippen LogP contribution in [0, 0.1) is 13.8 Å². The molecule has 0 aliphatic rings. The molecule has 12 heteroatoms. The number of halogens is 5. The van der Waals surface area contributed by atoms with Gasteiger partial charge in [0, 0.05) is 38.8 Å². The largest absolute Gasteiger partial charge is 0.494 e. The minimum atomic E-state index is -4.47. The lowest BCUT2D eigenvalue weighted by molar-refractivity contribution is -0.137. The second-order valence-electron chi connectivity index (χ2n) is 9.60. The van der Waals surface area contributed by atoms with E-state index in [1.165, 1.54) is 0 Å². The molecule has 0 saturated heterocycles. The van der Waals surface area contributed by atoms with Crippen molar-refractivity contribution in [3.05, 3.63) is 98.2 Å². The molecule has 1 aromatic heterocycles. The third-order valence-corrected chi connectivity index (χ3v) is 8.04. The number of carbonyl (C=O) groups excluding carboxylic acids is 2. The predicted molar refractivity (Wildman–Crippen MR) is 162 cm³/mol. The quantitative estimate of drug-likeness (QED) is 0.115. The molecule has 222 valence electrons. The van der Waals surface area contributed by atoms with E-state index in [1.807, 2.05) is 32.0 Å². The molecular weight excluding hydrogens is 610 g/mol. The maximum absolute atomic E-state index is 13.1. The van der Waals surface area contributed by atoms with Gasteiger partial charge in [0.2, 0.25) is 0 Å². The molecule has 6 nitrogen and oxygen atoms in total. The Morgan fingerprint density at radius 3 is 2.33 bits per heavy atom. The van der Waals surface area contributed by atoms with E-state index in [2.05, 4.69) is 15.0 Å². The van der Waals surface area contributed by atoms with Crippen LogP contribution in [0.4, 0.5) is 13.2 Å². The van der Waals surface area contributed by atoms with E-state index in [-0.39, 0.29) is 18.0 Å². The molecule has 0 radical (unpaired) electrons. The van der Waals surface area contributed by atoms with Crippen LogP contribution in [0.5, 0.6) is 5.75 Å². The lowest BCUT2D eigenvalue weighted by atomic mass is 10.1. The molecule has 0 fully saturated rings. The minimum Gasteiger partial charge on any atom is -0.494 e. The predicted octanol–water partition coefficient (Wildman–Crippen LogP) is 7.93. The average Bonchev–Trinajstić information content (AvgIpc) is 3.30. The minimum absolute atomic E-state index is 0.115. The van der Waals surface area contributed by atoms with Gasteiger partial charge in [0.05, 0.1) is 12.2 Å². The molecule has 0 aliphatic heterocycles. The summed E-state index contributed by atoms with van der Waals surface area (Å²) in [5, 5.41) is 4.77. The molecule has 4 rings (SSSR count). The monoisotopic (exact) mass is 637 g/mol. The SMILES string of the molecule is Cc1cc(OCCCc2c(C(=O)NSCCNC(=O)c3ccc(C(F)(F)F)cc3)[nH]c3cc(Cl)ccc23)cc(C)c1Cl. The second kappa shape index (κ2) is 13.8. The third-order valence-electron chi connectivity index (χ3n) is 6.47. The fourth-order valence-electron chi connectivity index (χ4n) is 4.41. The molecule has 3 aromatic carbocycles. The topological polar surface area (TPSA) is 83.2 Å². The number of aromatic nitrogens is 1. The lowest BCUT2D eigenvalue weighted by Crippen LogP contribution is -2.27. The number of aromatic amines is 1. The van der Waals surface area contributed by atoms with Gasteiger partial charge in [0.15, 0.2) is 0 Å². The zero-order chi connectivity index (χ0) is 30.4. The van der Waals surface area contributed by atoms with E-state index in [9.17, 15) is 22.8 Å². The summed E-state index contributed by atoms with van der Waals surface area (Å²) in [6.45, 7) is 4.49. The number of amides is 2. The number of hydrogen-bond acceptors (Lipinski definition) is 4. The zero-order valence-corrected chi connectivity index (χ0v) is 25.1. The number of carbonyl (C=O) groups is 2. The smallest absolute Gasteiger partial charge is 0.416 e. The van der Waals surface area contributed by atoms with Crippen molar-refractivity contribution < 1.29 is 27.5 Å². The molecule has 42 heavy (non-hydrogen) atoms. The Bertz CT molecular complexity index is 1570. The molecule has 4 aromatic rings. The summed E-state index contributed by atoms with van der Waals surface area (Å²) in [6.07, 6.45) is -3.24. The summed E-state index contributed by atoms with van der Waals surface area (Å²) in [5.74, 6) is 0.241. The van der Waals surface area contributed by atoms with Crippen LogP contribution in [0.2, 0.25) is 10.0 Å². The molecule has 1 heterocycles. The Morgan fingerprint density at radius 2 is 1.67 bits per heavy atom. The summed E-state index contributed by atoms with van der Waals surface area (Å²) < 4.78 is 46.9. The maximum atomic E-state index is 13.1. The Labute approximate surface area is 255 Å². The number of ether oxygens (including phenoxy) is 1. The number of alkyl halides is 3. The summed E-state index contributed by atoms with van der Waals surface area (Å²) in [5.41, 5.74) is 3.15. The van der Waals surface area contributed by atoms with Gasteiger partial charge in [-0.2, -0.15) is 13.2 Å². The highest BCUT2D eigenvalue weighted by atomic mass is 35.5. The van der Waals surface area contributed by atoms with Crippen molar-refractivity contribution in [3.8, 4) is 5.75 Å². The van der Waals surface area contributed by atoms with Crippen molar-refractivity contribution in [2.45, 2.75) is 32.9 Å². The van der Waals surface area contributed by atoms with Crippen LogP contribution in [0.3, 0.4) is 0 Å². The molecule has 0 spiro atoms. The summed E-state index contributed by atoms with van der Waals surface area (Å²) in [7, 11) is 0. The fourth-order valence-corrected chi connectivity index (χ4v) is 5.23. The van der Waals surface area contributed by atoms with Crippen LogP contribution >= 0.6 is 35.1 Å². The van der Waals surface area contributed by atoms with Gasteiger partial charge in [-0.15, -0.1) is 0 Å². The van der Waals surface area contributed by atoms with Gasteiger partial charge >= 0.3 is 6.18 Å². The van der Waals surface area contributed by atoms with Crippen LogP contribution in [0.1, 0.15) is 49.5 Å². The number of hydrogen-bond donors (Lipinski definition) is 3. The Balaban J connectivity index is 1.31. The van der Waals surface area contributed by atoms with E-state index in [4.69, 9.17) is 27.9 Å². The molecule has 0 aliphatic carbocycles. The van der Waals surface area contributed by atoms with Crippen molar-refractivity contribution in [2.75, 3.05) is 18.9 Å². The first-order valence-corrected chi connectivity index (χ1v) is 14.8. The highest BCUT2D eigenvalue weighted by Gasteiger charge is 2.30. The summed E-state index contributed by atoms with van der Waals surface area (Å²) in [4.78, 5) is 28.5. The van der Waals surface area contributed by atoms with Crippen molar-refractivity contribution in [1.29, 1.82) is 0 Å². The number of rotatable bonds is 11. The molecule has 0 saturated carbocycles. The maximum Gasteiger partial charge on any atom is 0.416 e. The number of aryl methyl sites for hydroxylation is 3. The van der Waals surface area contributed by atoms with E-state index in [1.54, 1.807) is 12.1 Å². The second-order valence-corrected chi connectivity index (χ2v) is 11.3. The lowest BCUT2D eigenvalue weighted by Gasteiger charge is -2.11. The van der Waals surface area contributed by atoms with Crippen molar-refractivity contribution >= 4 is 57.9 Å². The molecule has 0 unspecified atom stereocenters. The third kappa shape index (κ3) is 7.93. The van der Waals surface area contributed by atoms with Crippen molar-refractivity contribution in [1.82, 2.24) is 15.0 Å². The molecule has 0 bridgehead atoms. The van der Waals surface area contributed by atoms with Gasteiger partial charge in [-0.25, -0.2) is 0 Å². The first kappa shape index (κ1) is 31.6. The summed E-state index contributed by atoms with van der Waals surface area (Å²) in [6, 6.07) is 13.2. The van der Waals surface area contributed by atoms with E-state index < -0.39 is 17.6 Å². The number of benzene rings is 3. The van der Waals surface area contributed by atoms with Crippen molar-refractivity contribution in [3.63, 3.8) is 0 Å². The molecular formula is C30H28Cl2F3N3O3S. The normalized spacial score (nSPS) is 11.5. The Morgan fingerprint density at radius 1 is 0.976 bits per heavy atom. The highest BCUT2D eigenvalue weighted by molar-refractivity contribution is 7.97. The van der Waals surface area contributed by atoms with Crippen LogP contribution in [0.25, 0.3) is 10.9 Å². The molecule has 3 N–H and O–H groups in total. The first-order chi connectivity index (χ1) is 19.9. The Hall–Kier alpha value is -3.34. The van der Waals surface area contributed by atoms with Gasteiger partial charge in [0.1, 0.15) is 11.4 Å². The van der Waals surface area contributed by atoms with Gasteiger partial charge in [-0.05, 0) is 104 Å². The number of nitrogens with one attached hydrogen (secondary N) is 3. The zero-order valence-electron chi connectivity index (χ0n) is 22.8. The van der Waals surface area contributed by atoms with Gasteiger partial charge in [-0.3, -0.25) is 14.3 Å². The average molecular weight is 639 g/mol. The van der Waals surface area contributed by atoms with Crippen LogP contribution < -0.4 is 14.8 Å². The van der Waals surface area contributed by atoms with E-state index >= 15 is 0 Å². The van der Waals surface area contributed by atoms with Gasteiger partial charge in [-0.1, -0.05) is 29.3 Å². The van der Waals surface area contributed by atoms with Crippen LogP contribution in [-0.2, 0) is 12.6 Å². The standard InChI is InChI=1S/C30H28Cl2F3N3O3S/c1-17-14-22(15-18(2)26(17)32)41-12-3-4-24-23-10-9-21(31)16-25(23)37-27(24)29(40)38-42-13-11-36-28(39)19-5-7-20(8-6-19)30(33,34)35/h5-10,14-16,37H,3-4,11-13H2,1-2H3,(H,36,39)(H,38,40). The first-order valence-electron chi connectivity index (χ1n) is 13.0. The molecule has 0 atom stereocenters. The fraction of sp³-hybridized carbons (Fsp3) is 0.267. The van der Waals surface area contributed by atoms with Gasteiger partial charge in [0.25, 0.3) is 11.8 Å². The van der Waals surface area contributed by atoms with Gasteiger partial charge < -0.3 is 15.0 Å². The van der Waals surface area contributed by atoms with Crippen molar-refractivity contribution in [2.24, 2.45) is 0 Å². The number of H-pyrrole nitrogens is 1. The van der Waals surface area contributed by atoms with E-state index in [0.29, 0.717) is 35.9 Å².